The van der Waals surface area contributed by atoms with Crippen molar-refractivity contribution in [3.05, 3.63) is 71.9 Å². The Morgan fingerprint density at radius 3 is 2.67 bits per heavy atom. The number of nitrogens with zero attached hydrogens (tertiary/aromatic N) is 1. The van der Waals surface area contributed by atoms with Gasteiger partial charge in [0, 0.05) is 17.6 Å². The summed E-state index contributed by atoms with van der Waals surface area (Å²) >= 11 is 0. The maximum Gasteiger partial charge on any atom is 0.336 e. The Balaban J connectivity index is 1.86. The lowest BCUT2D eigenvalue weighted by Gasteiger charge is -2.08. The lowest BCUT2D eigenvalue weighted by molar-refractivity contribution is 0.0699. The first-order valence-corrected chi connectivity index (χ1v) is 6.53. The number of hydrogen-bond donors (Lipinski definition) is 1. The highest BCUT2D eigenvalue weighted by molar-refractivity contribution is 6.02. The molecule has 0 amide bonds. The van der Waals surface area contributed by atoms with Gasteiger partial charge in [-0.3, -0.25) is 4.98 Å². The third-order valence-corrected chi connectivity index (χ3v) is 3.19. The Bertz CT molecular complexity index is 784. The second kappa shape index (κ2) is 5.63. The predicted octanol–water partition coefficient (Wildman–Crippen LogP) is 3.51. The first kappa shape index (κ1) is 13.1. The second-order valence-corrected chi connectivity index (χ2v) is 4.62. The molecule has 0 fully saturated rings. The number of pyridine rings is 1. The molecule has 1 heterocycles. The molecule has 3 aromatic rings. The minimum Gasteiger partial charge on any atom is -0.489 e. The minimum absolute atomic E-state index is 0.245. The average Bonchev–Trinajstić information content (AvgIpc) is 2.53. The Morgan fingerprint density at radius 1 is 1.10 bits per heavy atom. The van der Waals surface area contributed by atoms with E-state index in [0.717, 1.165) is 5.56 Å². The number of carbonyl (C=O) groups is 1. The summed E-state index contributed by atoms with van der Waals surface area (Å²) in [7, 11) is 0. The van der Waals surface area contributed by atoms with E-state index in [-0.39, 0.29) is 5.56 Å². The molecule has 0 bridgehead atoms. The smallest absolute Gasteiger partial charge is 0.336 e. The number of benzene rings is 2. The van der Waals surface area contributed by atoms with Crippen molar-refractivity contribution in [2.45, 2.75) is 6.61 Å². The van der Waals surface area contributed by atoms with E-state index in [2.05, 4.69) is 4.98 Å². The fourth-order valence-corrected chi connectivity index (χ4v) is 2.15. The van der Waals surface area contributed by atoms with Gasteiger partial charge in [-0.25, -0.2) is 4.79 Å². The average molecular weight is 279 g/mol. The molecule has 4 nitrogen and oxygen atoms in total. The summed E-state index contributed by atoms with van der Waals surface area (Å²) in [6.45, 7) is 0.463. The van der Waals surface area contributed by atoms with Crippen LogP contribution in [0.15, 0.2) is 60.8 Å². The van der Waals surface area contributed by atoms with Crippen LogP contribution in [-0.4, -0.2) is 16.1 Å². The van der Waals surface area contributed by atoms with Gasteiger partial charge in [-0.2, -0.15) is 0 Å². The van der Waals surface area contributed by atoms with Crippen molar-refractivity contribution in [1.82, 2.24) is 4.98 Å². The van der Waals surface area contributed by atoms with Gasteiger partial charge in [0.2, 0.25) is 0 Å². The molecule has 0 saturated carbocycles. The van der Waals surface area contributed by atoms with Crippen LogP contribution in [0.1, 0.15) is 15.9 Å². The summed E-state index contributed by atoms with van der Waals surface area (Å²) in [4.78, 5) is 15.3. The molecular formula is C17H13NO3. The third-order valence-electron chi connectivity index (χ3n) is 3.19. The first-order chi connectivity index (χ1) is 10.2. The monoisotopic (exact) mass is 279 g/mol. The highest BCUT2D eigenvalue weighted by Gasteiger charge is 2.09. The maximum absolute atomic E-state index is 11.2. The van der Waals surface area contributed by atoms with Crippen molar-refractivity contribution >= 4 is 16.9 Å². The quantitative estimate of drug-likeness (QED) is 0.794. The standard InChI is InChI=1S/C17H13NO3/c19-17(20)15-8-9-18-16-10-13(6-7-14(15)16)21-11-12-4-2-1-3-5-12/h1-10H,11H2,(H,19,20). The van der Waals surface area contributed by atoms with Crippen molar-refractivity contribution in [1.29, 1.82) is 0 Å². The zero-order valence-corrected chi connectivity index (χ0v) is 11.2. The zero-order chi connectivity index (χ0) is 14.7. The van der Waals surface area contributed by atoms with E-state index in [4.69, 9.17) is 9.84 Å². The zero-order valence-electron chi connectivity index (χ0n) is 11.2. The molecule has 0 aliphatic rings. The molecule has 2 aromatic carbocycles. The van der Waals surface area contributed by atoms with Crippen LogP contribution >= 0.6 is 0 Å². The van der Waals surface area contributed by atoms with E-state index in [1.807, 2.05) is 30.3 Å². The van der Waals surface area contributed by atoms with Gasteiger partial charge in [0.25, 0.3) is 0 Å². The molecule has 0 aliphatic carbocycles. The Morgan fingerprint density at radius 2 is 1.90 bits per heavy atom. The van der Waals surface area contributed by atoms with Gasteiger partial charge in [0.15, 0.2) is 0 Å². The Labute approximate surface area is 121 Å². The summed E-state index contributed by atoms with van der Waals surface area (Å²) in [6, 6.07) is 16.6. The summed E-state index contributed by atoms with van der Waals surface area (Å²) in [5, 5.41) is 9.75. The molecule has 0 saturated heterocycles. The fraction of sp³-hybridized carbons (Fsp3) is 0.0588. The summed E-state index contributed by atoms with van der Waals surface area (Å²) in [5.74, 6) is -0.290. The highest BCUT2D eigenvalue weighted by atomic mass is 16.5. The maximum atomic E-state index is 11.2. The summed E-state index contributed by atoms with van der Waals surface area (Å²) < 4.78 is 5.71. The van der Waals surface area contributed by atoms with Gasteiger partial charge in [-0.1, -0.05) is 30.3 Å². The normalized spacial score (nSPS) is 10.5. The lowest BCUT2D eigenvalue weighted by Crippen LogP contribution is -1.99. The topological polar surface area (TPSA) is 59.4 Å². The van der Waals surface area contributed by atoms with Crippen LogP contribution in [0.3, 0.4) is 0 Å². The van der Waals surface area contributed by atoms with E-state index >= 15 is 0 Å². The molecular weight excluding hydrogens is 266 g/mol. The fourth-order valence-electron chi connectivity index (χ4n) is 2.15. The number of fused-ring (bicyclic) bond motifs is 1. The van der Waals surface area contributed by atoms with Crippen LogP contribution < -0.4 is 4.74 Å². The molecule has 0 aliphatic heterocycles. The van der Waals surface area contributed by atoms with E-state index in [1.54, 1.807) is 18.2 Å². The Kier molecular flexibility index (Phi) is 3.51. The van der Waals surface area contributed by atoms with Crippen molar-refractivity contribution < 1.29 is 14.6 Å². The molecule has 104 valence electrons. The molecule has 1 aromatic heterocycles. The van der Waals surface area contributed by atoms with Gasteiger partial charge in [-0.15, -0.1) is 0 Å². The van der Waals surface area contributed by atoms with Crippen molar-refractivity contribution in [3.8, 4) is 5.75 Å². The van der Waals surface area contributed by atoms with Gasteiger partial charge >= 0.3 is 5.97 Å². The van der Waals surface area contributed by atoms with Crippen molar-refractivity contribution in [2.24, 2.45) is 0 Å². The van der Waals surface area contributed by atoms with Crippen LogP contribution in [0.5, 0.6) is 5.75 Å². The number of carboxylic acid groups (broad SMARTS) is 1. The second-order valence-electron chi connectivity index (χ2n) is 4.62. The number of hydrogen-bond acceptors (Lipinski definition) is 3. The van der Waals surface area contributed by atoms with Crippen molar-refractivity contribution in [2.75, 3.05) is 0 Å². The predicted molar refractivity (Wildman–Crippen MR) is 79.5 cm³/mol. The first-order valence-electron chi connectivity index (χ1n) is 6.53. The van der Waals surface area contributed by atoms with Gasteiger partial charge < -0.3 is 9.84 Å². The number of carboxylic acids is 1. The van der Waals surface area contributed by atoms with E-state index in [1.165, 1.54) is 12.3 Å². The van der Waals surface area contributed by atoms with E-state index in [0.29, 0.717) is 23.3 Å². The van der Waals surface area contributed by atoms with Gasteiger partial charge in [-0.05, 0) is 23.8 Å². The molecule has 0 unspecified atom stereocenters. The number of ether oxygens (including phenoxy) is 1. The van der Waals surface area contributed by atoms with Crippen LogP contribution in [0.2, 0.25) is 0 Å². The number of aromatic nitrogens is 1. The minimum atomic E-state index is -0.958. The molecule has 4 heteroatoms. The Hall–Kier alpha value is -2.88. The number of aromatic carboxylic acids is 1. The van der Waals surface area contributed by atoms with Crippen LogP contribution in [0.4, 0.5) is 0 Å². The summed E-state index contributed by atoms with van der Waals surface area (Å²) in [6.07, 6.45) is 1.49. The third kappa shape index (κ3) is 2.84. The van der Waals surface area contributed by atoms with Gasteiger partial charge in [0.1, 0.15) is 12.4 Å². The van der Waals surface area contributed by atoms with Crippen molar-refractivity contribution in [3.63, 3.8) is 0 Å². The molecule has 1 N–H and O–H groups in total. The lowest BCUT2D eigenvalue weighted by atomic mass is 10.1. The molecule has 0 spiro atoms. The molecule has 3 rings (SSSR count). The van der Waals surface area contributed by atoms with Crippen LogP contribution in [0.25, 0.3) is 10.9 Å². The largest absolute Gasteiger partial charge is 0.489 e. The van der Waals surface area contributed by atoms with E-state index < -0.39 is 5.97 Å². The van der Waals surface area contributed by atoms with Crippen LogP contribution in [0, 0.1) is 0 Å². The summed E-state index contributed by atoms with van der Waals surface area (Å²) in [5.41, 5.74) is 1.93. The molecule has 21 heavy (non-hydrogen) atoms. The highest BCUT2D eigenvalue weighted by Crippen LogP contribution is 2.22. The SMILES string of the molecule is O=C(O)c1ccnc2cc(OCc3ccccc3)ccc12. The van der Waals surface area contributed by atoms with Crippen LogP contribution in [-0.2, 0) is 6.61 Å². The number of rotatable bonds is 4. The molecule has 0 radical (unpaired) electrons. The van der Waals surface area contributed by atoms with Gasteiger partial charge in [0.05, 0.1) is 11.1 Å². The molecule has 0 atom stereocenters. The van der Waals surface area contributed by atoms with E-state index in [9.17, 15) is 4.79 Å².